The predicted molar refractivity (Wildman–Crippen MR) is 67.5 cm³/mol. The third-order valence-corrected chi connectivity index (χ3v) is 8.67. The normalized spacial score (nSPS) is 15.0. The molecule has 0 aliphatic carbocycles. The lowest BCUT2D eigenvalue weighted by Crippen LogP contribution is -2.49. The van der Waals surface area contributed by atoms with Crippen molar-refractivity contribution in [1.82, 2.24) is 0 Å². The molecule has 1 aromatic carbocycles. The molecular weight excluding hydrogens is 228 g/mol. The third kappa shape index (κ3) is 1.78. The second-order valence-corrected chi connectivity index (χ2v) is 10.0. The van der Waals surface area contributed by atoms with E-state index in [2.05, 4.69) is 48.3 Å². The van der Waals surface area contributed by atoms with Gasteiger partial charge in [0.25, 0.3) is 0 Å². The molecule has 0 spiro atoms. The number of benzene rings is 1. The largest absolute Gasteiger partial charge is 0.224 e. The molecule has 0 bridgehead atoms. The Morgan fingerprint density at radius 3 is 2.36 bits per heavy atom. The van der Waals surface area contributed by atoms with Gasteiger partial charge in [-0.25, -0.2) is 0 Å². The van der Waals surface area contributed by atoms with E-state index in [9.17, 15) is 0 Å². The maximum Gasteiger partial charge on any atom is 0.224 e. The van der Waals surface area contributed by atoms with Gasteiger partial charge in [0.05, 0.1) is 0 Å². The van der Waals surface area contributed by atoms with Gasteiger partial charge in [-0.1, -0.05) is 42.5 Å². The summed E-state index contributed by atoms with van der Waals surface area (Å²) in [6.07, 6.45) is 0. The van der Waals surface area contributed by atoms with Crippen molar-refractivity contribution < 1.29 is 0 Å². The minimum atomic E-state index is -1.91. The fraction of sp³-hybridized carbons (Fsp3) is 0.0909. The Bertz CT molecular complexity index is 394. The lowest BCUT2D eigenvalue weighted by molar-refractivity contribution is 1.75. The van der Waals surface area contributed by atoms with E-state index in [1.807, 2.05) is 6.07 Å². The van der Waals surface area contributed by atoms with Gasteiger partial charge in [-0.15, -0.1) is 0 Å². The van der Waals surface area contributed by atoms with Crippen LogP contribution in [0.1, 0.15) is 0 Å². The summed E-state index contributed by atoms with van der Waals surface area (Å²) in [5, 5.41) is 3.37. The Morgan fingerprint density at radius 1 is 1.07 bits per heavy atom. The van der Waals surface area contributed by atoms with Crippen LogP contribution in [0.25, 0.3) is 0 Å². The van der Waals surface area contributed by atoms with E-state index in [0.717, 1.165) is 0 Å². The van der Waals surface area contributed by atoms with E-state index in [-0.39, 0.29) is 0 Å². The lowest BCUT2D eigenvalue weighted by atomic mass is 10.4. The highest BCUT2D eigenvalue weighted by Gasteiger charge is 2.30. The molecule has 0 aliphatic rings. The Morgan fingerprint density at radius 2 is 1.79 bits per heavy atom. The standard InChI is InChI=1S/C11H11ClSSi/c1-14(12,11-8-5-9-13-11)10-6-3-2-4-7-10/h2-9H,1H3. The number of halogens is 1. The molecule has 0 saturated carbocycles. The van der Waals surface area contributed by atoms with Crippen LogP contribution in [0.4, 0.5) is 0 Å². The van der Waals surface area contributed by atoms with E-state index >= 15 is 0 Å². The first-order valence-corrected chi connectivity index (χ1v) is 8.89. The first-order chi connectivity index (χ1) is 6.71. The predicted octanol–water partition coefficient (Wildman–Crippen LogP) is 2.68. The highest BCUT2D eigenvalue weighted by Crippen LogP contribution is 2.12. The zero-order valence-electron chi connectivity index (χ0n) is 7.91. The van der Waals surface area contributed by atoms with Crippen LogP contribution in [0.3, 0.4) is 0 Å². The Hall–Kier alpha value is -0.573. The van der Waals surface area contributed by atoms with Crippen LogP contribution in [0.15, 0.2) is 47.8 Å². The molecule has 1 heterocycles. The Kier molecular flexibility index (Phi) is 2.77. The summed E-state index contributed by atoms with van der Waals surface area (Å²) in [6, 6.07) is 14.6. The molecule has 14 heavy (non-hydrogen) atoms. The van der Waals surface area contributed by atoms with E-state index < -0.39 is 7.38 Å². The summed E-state index contributed by atoms with van der Waals surface area (Å²) in [5.74, 6) is 0. The van der Waals surface area contributed by atoms with Crippen molar-refractivity contribution in [2.45, 2.75) is 6.55 Å². The van der Waals surface area contributed by atoms with Crippen LogP contribution >= 0.6 is 22.4 Å². The molecule has 2 aromatic rings. The molecule has 0 fully saturated rings. The van der Waals surface area contributed by atoms with Gasteiger partial charge in [-0.3, -0.25) is 0 Å². The van der Waals surface area contributed by atoms with Crippen LogP contribution in [0.2, 0.25) is 6.55 Å². The average molecular weight is 239 g/mol. The molecule has 2 rings (SSSR count). The van der Waals surface area contributed by atoms with Gasteiger partial charge in [0, 0.05) is 4.50 Å². The molecule has 0 radical (unpaired) electrons. The van der Waals surface area contributed by atoms with Crippen LogP contribution in [-0.4, -0.2) is 7.38 Å². The second-order valence-electron chi connectivity index (χ2n) is 3.35. The molecule has 0 nitrogen and oxygen atoms in total. The lowest BCUT2D eigenvalue weighted by Gasteiger charge is -2.17. The molecule has 0 N–H and O–H groups in total. The molecule has 3 heteroatoms. The minimum absolute atomic E-state index is 1.28. The van der Waals surface area contributed by atoms with Gasteiger partial charge in [0.2, 0.25) is 7.38 Å². The molecule has 72 valence electrons. The number of hydrogen-bond donors (Lipinski definition) is 0. The van der Waals surface area contributed by atoms with Crippen molar-refractivity contribution in [3.8, 4) is 0 Å². The van der Waals surface area contributed by atoms with Crippen LogP contribution in [0.5, 0.6) is 0 Å². The van der Waals surface area contributed by atoms with E-state index in [0.29, 0.717) is 0 Å². The smallest absolute Gasteiger partial charge is 0.154 e. The van der Waals surface area contributed by atoms with Gasteiger partial charge in [0.1, 0.15) is 0 Å². The van der Waals surface area contributed by atoms with Crippen molar-refractivity contribution in [2.24, 2.45) is 0 Å². The average Bonchev–Trinajstić information content (AvgIpc) is 2.72. The van der Waals surface area contributed by atoms with Gasteiger partial charge >= 0.3 is 0 Å². The Labute approximate surface area is 93.9 Å². The Balaban J connectivity index is 2.43. The highest BCUT2D eigenvalue weighted by molar-refractivity contribution is 7.43. The van der Waals surface area contributed by atoms with Crippen LogP contribution in [-0.2, 0) is 0 Å². The summed E-state index contributed by atoms with van der Waals surface area (Å²) in [7, 11) is -1.91. The first-order valence-electron chi connectivity index (χ1n) is 4.49. The molecule has 1 atom stereocenters. The fourth-order valence-corrected chi connectivity index (χ4v) is 5.82. The van der Waals surface area contributed by atoms with Crippen molar-refractivity contribution >= 4 is 39.5 Å². The minimum Gasteiger partial charge on any atom is -0.154 e. The zero-order chi connectivity index (χ0) is 10.0. The molecule has 0 amide bonds. The van der Waals surface area contributed by atoms with Gasteiger partial charge in [0.15, 0.2) is 0 Å². The second kappa shape index (κ2) is 3.89. The maximum atomic E-state index is 6.68. The van der Waals surface area contributed by atoms with Gasteiger partial charge < -0.3 is 0 Å². The summed E-state index contributed by atoms with van der Waals surface area (Å²) in [5.41, 5.74) is 0. The number of thiophene rings is 1. The van der Waals surface area contributed by atoms with Crippen molar-refractivity contribution in [3.63, 3.8) is 0 Å². The first kappa shape index (κ1) is 9.96. The molecule has 1 aromatic heterocycles. The zero-order valence-corrected chi connectivity index (χ0v) is 10.5. The summed E-state index contributed by atoms with van der Waals surface area (Å²) < 4.78 is 1.32. The number of hydrogen-bond acceptors (Lipinski definition) is 1. The topological polar surface area (TPSA) is 0 Å². The van der Waals surface area contributed by atoms with Gasteiger partial charge in [-0.2, -0.15) is 22.4 Å². The quantitative estimate of drug-likeness (QED) is 0.558. The van der Waals surface area contributed by atoms with E-state index in [1.54, 1.807) is 11.3 Å². The van der Waals surface area contributed by atoms with Gasteiger partial charge in [-0.05, 0) is 17.1 Å². The molecular formula is C11H11ClSSi. The monoisotopic (exact) mass is 238 g/mol. The SMILES string of the molecule is C[Si](Cl)(c1ccccc1)c1cccs1. The fourth-order valence-electron chi connectivity index (χ4n) is 1.44. The summed E-state index contributed by atoms with van der Waals surface area (Å²) in [4.78, 5) is 0. The molecule has 1 unspecified atom stereocenters. The third-order valence-electron chi connectivity index (χ3n) is 2.30. The number of rotatable bonds is 2. The summed E-state index contributed by atoms with van der Waals surface area (Å²) in [6.45, 7) is 2.18. The van der Waals surface area contributed by atoms with Crippen molar-refractivity contribution in [2.75, 3.05) is 0 Å². The van der Waals surface area contributed by atoms with Crippen molar-refractivity contribution in [3.05, 3.63) is 47.8 Å². The molecule has 0 saturated heterocycles. The van der Waals surface area contributed by atoms with E-state index in [4.69, 9.17) is 11.1 Å². The molecule has 0 aliphatic heterocycles. The van der Waals surface area contributed by atoms with E-state index in [1.165, 1.54) is 9.69 Å². The van der Waals surface area contributed by atoms with Crippen molar-refractivity contribution in [1.29, 1.82) is 0 Å². The van der Waals surface area contributed by atoms with Crippen LogP contribution < -0.4 is 9.69 Å². The maximum absolute atomic E-state index is 6.68. The van der Waals surface area contributed by atoms with Crippen LogP contribution in [0, 0.1) is 0 Å². The summed E-state index contributed by atoms with van der Waals surface area (Å²) >= 11 is 8.43. The highest BCUT2D eigenvalue weighted by atomic mass is 35.6.